The molecule has 0 bridgehead atoms. The van der Waals surface area contributed by atoms with E-state index in [-0.39, 0.29) is 50.7 Å². The summed E-state index contributed by atoms with van der Waals surface area (Å²) < 4.78 is 0. The number of nitrogens with zero attached hydrogens (tertiary/aromatic N) is 2. The first-order valence-corrected chi connectivity index (χ1v) is 11.1. The van der Waals surface area contributed by atoms with Crippen LogP contribution in [0.2, 0.25) is 0 Å². The highest BCUT2D eigenvalue weighted by Gasteiger charge is 2.30. The van der Waals surface area contributed by atoms with Gasteiger partial charge in [-0.05, 0) is 32.6 Å². The van der Waals surface area contributed by atoms with E-state index in [2.05, 4.69) is 25.9 Å². The molecule has 5 unspecified atom stereocenters. The number of amides is 3. The van der Waals surface area contributed by atoms with Crippen LogP contribution in [0.4, 0.5) is 0 Å². The second kappa shape index (κ2) is 16.8. The minimum Gasteiger partial charge on any atom is -0.480 e. The summed E-state index contributed by atoms with van der Waals surface area (Å²) in [4.78, 5) is 56.8. The molecule has 0 aromatic rings. The molecule has 0 rings (SSSR count). The maximum atomic E-state index is 13.0. The normalized spacial score (nSPS) is 14.8. The topological polar surface area (TPSA) is 320 Å². The Morgan fingerprint density at radius 1 is 0.778 bits per heavy atom. The number of carbonyl (C=O) groups is 4. The molecule has 0 aliphatic heterocycles. The van der Waals surface area contributed by atoms with E-state index in [1.807, 2.05) is 0 Å². The zero-order valence-electron chi connectivity index (χ0n) is 20.1. The molecular weight excluding hydrogens is 480 g/mol. The fourth-order valence-corrected chi connectivity index (χ4v) is 2.76. The number of aliphatic imine (C=N–C) groups is 2. The second-order valence-corrected chi connectivity index (χ2v) is 7.87. The van der Waals surface area contributed by atoms with Gasteiger partial charge in [0, 0.05) is 13.1 Å². The number of nitrogens with two attached hydrogens (primary N) is 5. The predicted octanol–water partition coefficient (Wildman–Crippen LogP) is -5.67. The minimum atomic E-state index is -1.60. The van der Waals surface area contributed by atoms with E-state index in [4.69, 9.17) is 33.8 Å². The maximum Gasteiger partial charge on any atom is 0.328 e. The number of carbonyl (C=O) groups excluding carboxylic acids is 3. The van der Waals surface area contributed by atoms with Gasteiger partial charge in [-0.25, -0.2) is 4.79 Å². The third-order valence-electron chi connectivity index (χ3n) is 4.78. The fourth-order valence-electron chi connectivity index (χ4n) is 2.76. The summed E-state index contributed by atoms with van der Waals surface area (Å²) in [6.07, 6.45) is -0.684. The van der Waals surface area contributed by atoms with Crippen LogP contribution in [0.1, 0.15) is 32.6 Å². The zero-order valence-corrected chi connectivity index (χ0v) is 20.1. The monoisotopic (exact) mass is 518 g/mol. The van der Waals surface area contributed by atoms with E-state index >= 15 is 0 Å². The van der Waals surface area contributed by atoms with Gasteiger partial charge < -0.3 is 59.9 Å². The number of aliphatic hydroxyl groups excluding tert-OH is 2. The lowest BCUT2D eigenvalue weighted by molar-refractivity contribution is -0.143. The maximum absolute atomic E-state index is 13.0. The van der Waals surface area contributed by atoms with Gasteiger partial charge in [0.05, 0.1) is 12.7 Å². The van der Waals surface area contributed by atoms with Crippen molar-refractivity contribution < 1.29 is 34.5 Å². The SMILES string of the molecule is CC(O)C(N)C(=O)NC(CCCN=C(N)N)C(=O)NC(CCCN=C(N)N)C(=O)NC(CO)C(=O)O. The van der Waals surface area contributed by atoms with Gasteiger partial charge in [0.2, 0.25) is 17.7 Å². The zero-order chi connectivity index (χ0) is 27.8. The Morgan fingerprint density at radius 3 is 1.50 bits per heavy atom. The van der Waals surface area contributed by atoms with E-state index in [0.29, 0.717) is 0 Å². The van der Waals surface area contributed by atoms with Crippen molar-refractivity contribution in [2.24, 2.45) is 38.7 Å². The first kappa shape index (κ1) is 32.3. The molecule has 0 spiro atoms. The van der Waals surface area contributed by atoms with Crippen LogP contribution < -0.4 is 44.6 Å². The molecule has 0 aromatic carbocycles. The van der Waals surface area contributed by atoms with Gasteiger partial charge in [-0.3, -0.25) is 24.4 Å². The average Bonchev–Trinajstić information content (AvgIpc) is 2.79. The number of carboxylic acids is 1. The van der Waals surface area contributed by atoms with Gasteiger partial charge in [-0.2, -0.15) is 0 Å². The molecule has 0 fully saturated rings. The molecule has 3 amide bonds. The van der Waals surface area contributed by atoms with Gasteiger partial charge in [0.15, 0.2) is 11.9 Å². The van der Waals surface area contributed by atoms with Crippen molar-refractivity contribution in [3.05, 3.63) is 0 Å². The number of aliphatic hydroxyl groups is 2. The highest BCUT2D eigenvalue weighted by molar-refractivity contribution is 5.94. The molecule has 0 aromatic heterocycles. The minimum absolute atomic E-state index is 0.00598. The molecule has 0 saturated carbocycles. The molecule has 36 heavy (non-hydrogen) atoms. The second-order valence-electron chi connectivity index (χ2n) is 7.87. The highest BCUT2D eigenvalue weighted by Crippen LogP contribution is 2.05. The first-order chi connectivity index (χ1) is 16.8. The molecule has 5 atom stereocenters. The van der Waals surface area contributed by atoms with Crippen molar-refractivity contribution in [3.63, 3.8) is 0 Å². The van der Waals surface area contributed by atoms with Crippen LogP contribution in [0.25, 0.3) is 0 Å². The Balaban J connectivity index is 5.63. The van der Waals surface area contributed by atoms with Gasteiger partial charge in [0.1, 0.15) is 24.2 Å². The first-order valence-electron chi connectivity index (χ1n) is 11.1. The standard InChI is InChI=1S/C19H38N10O7/c1-9(31)13(20)16(34)28-11(5-3-7-26-19(23)24)14(32)27-10(4-2-6-25-18(21)22)15(33)29-12(8-30)17(35)36/h9-13,30-31H,2-8,20H2,1H3,(H,27,32)(H,28,34)(H,29,33)(H,35,36)(H4,21,22,25)(H4,23,24,26). The summed E-state index contributed by atoms with van der Waals surface area (Å²) in [6.45, 7) is 0.682. The number of carboxylic acid groups (broad SMARTS) is 1. The van der Waals surface area contributed by atoms with Crippen molar-refractivity contribution in [3.8, 4) is 0 Å². The molecule has 0 aliphatic carbocycles. The molecule has 17 heteroatoms. The molecule has 16 N–H and O–H groups in total. The average molecular weight is 519 g/mol. The van der Waals surface area contributed by atoms with E-state index in [1.165, 1.54) is 6.92 Å². The number of aliphatic carboxylic acids is 1. The lowest BCUT2D eigenvalue weighted by Gasteiger charge is -2.25. The summed E-state index contributed by atoms with van der Waals surface area (Å²) in [5.41, 5.74) is 26.7. The van der Waals surface area contributed by atoms with E-state index in [9.17, 15) is 29.4 Å². The fraction of sp³-hybridized carbons (Fsp3) is 0.684. The molecule has 0 radical (unpaired) electrons. The van der Waals surface area contributed by atoms with Gasteiger partial charge in [0.25, 0.3) is 0 Å². The summed E-state index contributed by atoms with van der Waals surface area (Å²) in [5.74, 6) is -4.31. The summed E-state index contributed by atoms with van der Waals surface area (Å²) in [5, 5.41) is 34.8. The number of hydrogen-bond acceptors (Lipinski definition) is 9. The Labute approximate surface area is 207 Å². The smallest absolute Gasteiger partial charge is 0.328 e. The lowest BCUT2D eigenvalue weighted by Crippen LogP contribution is -2.58. The number of nitrogens with one attached hydrogen (secondary N) is 3. The number of rotatable bonds is 17. The van der Waals surface area contributed by atoms with Crippen LogP contribution in [0.15, 0.2) is 9.98 Å². The molecule has 0 saturated heterocycles. The van der Waals surface area contributed by atoms with Crippen molar-refractivity contribution in [1.29, 1.82) is 0 Å². The van der Waals surface area contributed by atoms with Crippen molar-refractivity contribution in [2.75, 3.05) is 19.7 Å². The highest BCUT2D eigenvalue weighted by atomic mass is 16.4. The Bertz CT molecular complexity index is 797. The quantitative estimate of drug-likeness (QED) is 0.0487. The van der Waals surface area contributed by atoms with Gasteiger partial charge in [-0.1, -0.05) is 0 Å². The van der Waals surface area contributed by atoms with Gasteiger partial charge >= 0.3 is 5.97 Å². The van der Waals surface area contributed by atoms with Crippen LogP contribution in [0.5, 0.6) is 0 Å². The van der Waals surface area contributed by atoms with E-state index < -0.39 is 60.6 Å². The number of guanidine groups is 2. The van der Waals surface area contributed by atoms with Crippen molar-refractivity contribution in [1.82, 2.24) is 16.0 Å². The summed E-state index contributed by atoms with van der Waals surface area (Å²) in [6, 6.07) is -5.38. The Kier molecular flexibility index (Phi) is 15.1. The number of hydrogen-bond donors (Lipinski definition) is 11. The van der Waals surface area contributed by atoms with E-state index in [1.54, 1.807) is 0 Å². The van der Waals surface area contributed by atoms with Crippen LogP contribution >= 0.6 is 0 Å². The molecule has 0 aliphatic rings. The third-order valence-corrected chi connectivity index (χ3v) is 4.78. The Hall–Kier alpha value is -3.70. The molecule has 206 valence electrons. The van der Waals surface area contributed by atoms with Crippen molar-refractivity contribution in [2.45, 2.75) is 62.9 Å². The molecular formula is C19H38N10O7. The summed E-state index contributed by atoms with van der Waals surface area (Å²) >= 11 is 0. The molecule has 17 nitrogen and oxygen atoms in total. The molecule has 0 heterocycles. The Morgan fingerprint density at radius 2 is 1.17 bits per heavy atom. The van der Waals surface area contributed by atoms with Gasteiger partial charge in [-0.15, -0.1) is 0 Å². The van der Waals surface area contributed by atoms with Crippen LogP contribution in [-0.4, -0.2) is 101 Å². The third kappa shape index (κ3) is 13.3. The van der Waals surface area contributed by atoms with Crippen LogP contribution in [0, 0.1) is 0 Å². The van der Waals surface area contributed by atoms with Crippen LogP contribution in [0.3, 0.4) is 0 Å². The summed E-state index contributed by atoms with van der Waals surface area (Å²) in [7, 11) is 0. The van der Waals surface area contributed by atoms with Crippen LogP contribution in [-0.2, 0) is 19.2 Å². The van der Waals surface area contributed by atoms with E-state index in [0.717, 1.165) is 0 Å². The predicted molar refractivity (Wildman–Crippen MR) is 130 cm³/mol. The lowest BCUT2D eigenvalue weighted by atomic mass is 10.1. The largest absolute Gasteiger partial charge is 0.480 e. The van der Waals surface area contributed by atoms with Crippen molar-refractivity contribution >= 4 is 35.6 Å².